The summed E-state index contributed by atoms with van der Waals surface area (Å²) in [5, 5.41) is 31.5. The van der Waals surface area contributed by atoms with E-state index in [2.05, 4.69) is 20.5 Å². The third kappa shape index (κ3) is 4.16. The van der Waals surface area contributed by atoms with Crippen LogP contribution in [-0.2, 0) is 17.9 Å². The first-order chi connectivity index (χ1) is 15.5. The summed E-state index contributed by atoms with van der Waals surface area (Å²) in [5.74, 6) is 0.539. The summed E-state index contributed by atoms with van der Waals surface area (Å²) in [6, 6.07) is 7.12. The third-order valence-electron chi connectivity index (χ3n) is 5.23. The minimum absolute atomic E-state index is 0.242. The van der Waals surface area contributed by atoms with E-state index in [9.17, 15) is 9.90 Å². The Bertz CT molecular complexity index is 1200. The van der Waals surface area contributed by atoms with Crippen molar-refractivity contribution >= 4 is 5.97 Å². The number of nitrogens with zero attached hydrogens (tertiary/aromatic N) is 5. The van der Waals surface area contributed by atoms with Gasteiger partial charge in [0.1, 0.15) is 24.0 Å². The highest BCUT2D eigenvalue weighted by atomic mass is 16.5. The molecule has 1 aromatic carbocycles. The Balaban J connectivity index is 1.39. The van der Waals surface area contributed by atoms with Crippen LogP contribution in [-0.4, -0.2) is 44.2 Å². The molecule has 0 spiro atoms. The molecular weight excluding hydrogens is 412 g/mol. The average Bonchev–Trinajstić information content (AvgIpc) is 3.41. The fraction of sp³-hybridized carbons (Fsp3) is 0.318. The molecule has 4 rings (SSSR count). The number of nitrogens with one attached hydrogen (secondary N) is 1. The van der Waals surface area contributed by atoms with E-state index in [1.165, 1.54) is 11.0 Å². The minimum Gasteiger partial charge on any atom is -0.492 e. The number of esters is 1. The van der Waals surface area contributed by atoms with E-state index < -0.39 is 6.10 Å². The predicted molar refractivity (Wildman–Crippen MR) is 112 cm³/mol. The lowest BCUT2D eigenvalue weighted by molar-refractivity contribution is 0.0535. The quantitative estimate of drug-likeness (QED) is 0.508. The first-order valence-electron chi connectivity index (χ1n) is 10.1. The number of aromatic nitrogens is 4. The maximum absolute atomic E-state index is 11.7. The third-order valence-corrected chi connectivity index (χ3v) is 5.23. The van der Waals surface area contributed by atoms with Crippen molar-refractivity contribution < 1.29 is 19.4 Å². The lowest BCUT2D eigenvalue weighted by atomic mass is 9.95. The highest BCUT2D eigenvalue weighted by Gasteiger charge is 2.25. The van der Waals surface area contributed by atoms with Crippen molar-refractivity contribution in [3.63, 3.8) is 0 Å². The van der Waals surface area contributed by atoms with Gasteiger partial charge in [0.25, 0.3) is 0 Å². The molecular formula is C22H22N6O4. The first-order valence-corrected chi connectivity index (χ1v) is 10.1. The minimum atomic E-state index is -0.750. The topological polar surface area (TPSA) is 135 Å². The molecule has 10 heteroatoms. The molecule has 2 N–H and O–H groups in total. The van der Waals surface area contributed by atoms with E-state index in [0.29, 0.717) is 48.1 Å². The molecule has 0 unspecified atom stereocenters. The molecule has 0 fully saturated rings. The number of hydrogen-bond donors (Lipinski definition) is 2. The molecule has 3 aromatic rings. The number of carbonyl (C=O) groups is 1. The summed E-state index contributed by atoms with van der Waals surface area (Å²) in [4.78, 5) is 17.2. The van der Waals surface area contributed by atoms with Gasteiger partial charge in [0.05, 0.1) is 36.4 Å². The summed E-state index contributed by atoms with van der Waals surface area (Å²) in [7, 11) is 0. The van der Waals surface area contributed by atoms with Crippen molar-refractivity contribution in [1.82, 2.24) is 25.3 Å². The van der Waals surface area contributed by atoms with Gasteiger partial charge in [-0.3, -0.25) is 0 Å². The highest BCUT2D eigenvalue weighted by molar-refractivity contribution is 5.93. The molecule has 10 nitrogen and oxygen atoms in total. The zero-order chi connectivity index (χ0) is 22.7. The molecule has 0 amide bonds. The van der Waals surface area contributed by atoms with Gasteiger partial charge in [-0.15, -0.1) is 4.80 Å². The number of ether oxygens (including phenoxy) is 2. The molecule has 2 aromatic heterocycles. The summed E-state index contributed by atoms with van der Waals surface area (Å²) >= 11 is 0. The van der Waals surface area contributed by atoms with E-state index >= 15 is 0 Å². The Morgan fingerprint density at radius 1 is 1.41 bits per heavy atom. The van der Waals surface area contributed by atoms with Crippen LogP contribution in [0.25, 0.3) is 5.82 Å². The van der Waals surface area contributed by atoms with Crippen LogP contribution in [0.1, 0.15) is 51.3 Å². The van der Waals surface area contributed by atoms with Gasteiger partial charge in [-0.2, -0.15) is 15.5 Å². The standard InChI is InChI=1S/C22H22N6O4/c1-3-31-20-6-21(25-8-14(20)7-23)28-26-10-15(27-28)9-24-11-19(29)16-4-5-17-18(13(16)2)12-32-22(17)30/h4-6,8,10,19,24,29H,3,9,11-12H2,1-2H3/t19-/m0/s1. The Morgan fingerprint density at radius 2 is 2.25 bits per heavy atom. The Labute approximate surface area is 184 Å². The molecule has 1 aliphatic rings. The summed E-state index contributed by atoms with van der Waals surface area (Å²) in [6.45, 7) is 5.07. The van der Waals surface area contributed by atoms with Crippen LogP contribution in [0.15, 0.2) is 30.6 Å². The summed E-state index contributed by atoms with van der Waals surface area (Å²) < 4.78 is 10.5. The van der Waals surface area contributed by atoms with Gasteiger partial charge in [0.2, 0.25) is 0 Å². The van der Waals surface area contributed by atoms with Crippen LogP contribution in [0.4, 0.5) is 0 Å². The van der Waals surface area contributed by atoms with Crippen molar-refractivity contribution in [1.29, 1.82) is 5.26 Å². The largest absolute Gasteiger partial charge is 0.492 e. The molecule has 3 heterocycles. The Hall–Kier alpha value is -3.81. The molecule has 0 saturated heterocycles. The van der Waals surface area contributed by atoms with Gasteiger partial charge in [-0.1, -0.05) is 6.07 Å². The zero-order valence-corrected chi connectivity index (χ0v) is 17.7. The van der Waals surface area contributed by atoms with Crippen LogP contribution < -0.4 is 10.1 Å². The second kappa shape index (κ2) is 9.13. The number of aliphatic hydroxyl groups excluding tert-OH is 1. The number of fused-ring (bicyclic) bond motifs is 1. The van der Waals surface area contributed by atoms with E-state index in [1.807, 2.05) is 19.9 Å². The molecule has 1 aliphatic heterocycles. The van der Waals surface area contributed by atoms with Crippen LogP contribution in [0, 0.1) is 18.3 Å². The van der Waals surface area contributed by atoms with E-state index in [-0.39, 0.29) is 12.6 Å². The SMILES string of the molecule is CCOc1cc(-n2ncc(CNC[C@H](O)c3ccc4c(c3C)COC4=O)n2)ncc1C#N. The number of nitriles is 1. The Kier molecular flexibility index (Phi) is 6.11. The zero-order valence-electron chi connectivity index (χ0n) is 17.7. The van der Waals surface area contributed by atoms with Crippen LogP contribution in [0.2, 0.25) is 0 Å². The number of hydrogen-bond acceptors (Lipinski definition) is 9. The lowest BCUT2D eigenvalue weighted by Crippen LogP contribution is -2.22. The number of pyridine rings is 1. The first kappa shape index (κ1) is 21.4. The van der Waals surface area contributed by atoms with Crippen molar-refractivity contribution in [2.75, 3.05) is 13.2 Å². The predicted octanol–water partition coefficient (Wildman–Crippen LogP) is 1.73. The molecule has 1 atom stereocenters. The van der Waals surface area contributed by atoms with E-state index in [4.69, 9.17) is 14.7 Å². The summed E-state index contributed by atoms with van der Waals surface area (Å²) in [5.41, 5.74) is 4.01. The second-order valence-electron chi connectivity index (χ2n) is 7.24. The molecule has 164 valence electrons. The number of rotatable bonds is 8. The van der Waals surface area contributed by atoms with Gasteiger partial charge in [0, 0.05) is 24.7 Å². The second-order valence-corrected chi connectivity index (χ2v) is 7.24. The van der Waals surface area contributed by atoms with Gasteiger partial charge in [-0.05, 0) is 31.0 Å². The van der Waals surface area contributed by atoms with Gasteiger partial charge in [-0.25, -0.2) is 9.78 Å². The maximum Gasteiger partial charge on any atom is 0.338 e. The van der Waals surface area contributed by atoms with Crippen LogP contribution >= 0.6 is 0 Å². The molecule has 0 radical (unpaired) electrons. The van der Waals surface area contributed by atoms with Crippen LogP contribution in [0.3, 0.4) is 0 Å². The van der Waals surface area contributed by atoms with Crippen molar-refractivity contribution in [2.24, 2.45) is 0 Å². The van der Waals surface area contributed by atoms with Crippen molar-refractivity contribution in [2.45, 2.75) is 33.1 Å². The maximum atomic E-state index is 11.7. The number of aliphatic hydroxyl groups is 1. The average molecular weight is 434 g/mol. The van der Waals surface area contributed by atoms with Crippen LogP contribution in [0.5, 0.6) is 5.75 Å². The van der Waals surface area contributed by atoms with Gasteiger partial charge in [0.15, 0.2) is 5.82 Å². The lowest BCUT2D eigenvalue weighted by Gasteiger charge is -2.16. The van der Waals surface area contributed by atoms with Crippen molar-refractivity contribution in [3.05, 3.63) is 64.1 Å². The normalized spacial score (nSPS) is 13.4. The smallest absolute Gasteiger partial charge is 0.338 e. The van der Waals surface area contributed by atoms with Gasteiger partial charge >= 0.3 is 5.97 Å². The molecule has 0 bridgehead atoms. The van der Waals surface area contributed by atoms with Gasteiger partial charge < -0.3 is 19.9 Å². The molecule has 0 saturated carbocycles. The number of carbonyl (C=O) groups excluding carboxylic acids is 1. The monoisotopic (exact) mass is 434 g/mol. The molecule has 0 aliphatic carbocycles. The molecule has 32 heavy (non-hydrogen) atoms. The fourth-order valence-corrected chi connectivity index (χ4v) is 3.56. The van der Waals surface area contributed by atoms with Crippen molar-refractivity contribution in [3.8, 4) is 17.6 Å². The fourth-order valence-electron chi connectivity index (χ4n) is 3.56. The van der Waals surface area contributed by atoms with E-state index in [0.717, 1.165) is 16.7 Å². The Morgan fingerprint density at radius 3 is 3.03 bits per heavy atom. The number of cyclic esters (lactones) is 1. The van der Waals surface area contributed by atoms with E-state index in [1.54, 1.807) is 24.4 Å². The number of benzene rings is 1. The highest BCUT2D eigenvalue weighted by Crippen LogP contribution is 2.28. The summed E-state index contributed by atoms with van der Waals surface area (Å²) in [6.07, 6.45) is 2.28.